The molecule has 1 unspecified atom stereocenters. The molecule has 0 amide bonds. The van der Waals surface area contributed by atoms with Crippen molar-refractivity contribution in [3.8, 4) is 0 Å². The van der Waals surface area contributed by atoms with Crippen molar-refractivity contribution in [2.45, 2.75) is 65.5 Å². The van der Waals surface area contributed by atoms with Gasteiger partial charge in [0.15, 0.2) is 0 Å². The molecule has 20 heavy (non-hydrogen) atoms. The van der Waals surface area contributed by atoms with Crippen LogP contribution in [0.15, 0.2) is 18.2 Å². The number of benzene rings is 1. The Balaban J connectivity index is 2.05. The van der Waals surface area contributed by atoms with Gasteiger partial charge in [-0.25, -0.2) is 0 Å². The van der Waals surface area contributed by atoms with E-state index in [0.717, 1.165) is 13.1 Å². The van der Waals surface area contributed by atoms with Crippen LogP contribution in [0.5, 0.6) is 0 Å². The third-order valence-electron chi connectivity index (χ3n) is 4.51. The number of hydrogen-bond acceptors (Lipinski definition) is 2. The van der Waals surface area contributed by atoms with Gasteiger partial charge in [0.1, 0.15) is 0 Å². The van der Waals surface area contributed by atoms with Crippen molar-refractivity contribution < 1.29 is 0 Å². The van der Waals surface area contributed by atoms with Crippen molar-refractivity contribution >= 4 is 5.69 Å². The molecule has 0 saturated carbocycles. The number of anilines is 1. The smallest absolute Gasteiger partial charge is 0.0372 e. The molecule has 1 aromatic rings. The highest BCUT2D eigenvalue weighted by atomic mass is 15.1. The van der Waals surface area contributed by atoms with Crippen LogP contribution < -0.4 is 5.32 Å². The first-order valence-electron chi connectivity index (χ1n) is 8.34. The lowest BCUT2D eigenvalue weighted by Crippen LogP contribution is -2.33. The number of hydrogen-bond donors (Lipinski definition) is 1. The van der Waals surface area contributed by atoms with Gasteiger partial charge in [0.25, 0.3) is 0 Å². The van der Waals surface area contributed by atoms with Gasteiger partial charge in [-0.1, -0.05) is 32.4 Å². The Hall–Kier alpha value is -1.02. The van der Waals surface area contributed by atoms with Crippen molar-refractivity contribution in [1.82, 2.24) is 4.90 Å². The molecule has 112 valence electrons. The molecular formula is C18H30N2. The molecule has 2 rings (SSSR count). The van der Waals surface area contributed by atoms with Crippen LogP contribution in [-0.4, -0.2) is 24.0 Å². The Morgan fingerprint density at radius 1 is 1.30 bits per heavy atom. The van der Waals surface area contributed by atoms with Crippen LogP contribution in [0.3, 0.4) is 0 Å². The van der Waals surface area contributed by atoms with Gasteiger partial charge in [0.2, 0.25) is 0 Å². The minimum atomic E-state index is 0.677. The van der Waals surface area contributed by atoms with E-state index in [1.807, 2.05) is 0 Å². The highest BCUT2D eigenvalue weighted by Gasteiger charge is 2.14. The number of unbranched alkanes of at least 4 members (excludes halogenated alkanes) is 1. The molecule has 0 aromatic heterocycles. The predicted octanol–water partition coefficient (Wildman–Crippen LogP) is 4.45. The molecular weight excluding hydrogens is 244 g/mol. The first-order chi connectivity index (χ1) is 9.74. The first kappa shape index (κ1) is 15.4. The Morgan fingerprint density at radius 2 is 2.15 bits per heavy atom. The third kappa shape index (κ3) is 3.99. The van der Waals surface area contributed by atoms with Crippen LogP contribution in [0, 0.1) is 0 Å². The van der Waals surface area contributed by atoms with E-state index in [-0.39, 0.29) is 0 Å². The Bertz CT molecular complexity index is 414. The second kappa shape index (κ2) is 7.68. The second-order valence-corrected chi connectivity index (χ2v) is 6.10. The molecule has 0 radical (unpaired) electrons. The van der Waals surface area contributed by atoms with E-state index >= 15 is 0 Å². The fourth-order valence-corrected chi connectivity index (χ4v) is 2.94. The van der Waals surface area contributed by atoms with Crippen LogP contribution in [0.25, 0.3) is 0 Å². The van der Waals surface area contributed by atoms with Gasteiger partial charge in [0.05, 0.1) is 0 Å². The van der Waals surface area contributed by atoms with E-state index in [0.29, 0.717) is 6.04 Å². The summed E-state index contributed by atoms with van der Waals surface area (Å²) in [4.78, 5) is 2.64. The zero-order chi connectivity index (χ0) is 14.4. The summed E-state index contributed by atoms with van der Waals surface area (Å²) in [6.07, 6.45) is 6.31. The minimum Gasteiger partial charge on any atom is -0.385 e. The van der Waals surface area contributed by atoms with Crippen LogP contribution in [-0.2, 0) is 13.0 Å². The van der Waals surface area contributed by atoms with Crippen molar-refractivity contribution in [3.63, 3.8) is 0 Å². The molecule has 0 aliphatic carbocycles. The largest absolute Gasteiger partial charge is 0.385 e. The molecule has 0 saturated heterocycles. The summed E-state index contributed by atoms with van der Waals surface area (Å²) in [6, 6.07) is 7.68. The Morgan fingerprint density at radius 3 is 2.90 bits per heavy atom. The second-order valence-electron chi connectivity index (χ2n) is 6.10. The van der Waals surface area contributed by atoms with Crippen LogP contribution in [0.4, 0.5) is 5.69 Å². The van der Waals surface area contributed by atoms with E-state index in [1.165, 1.54) is 55.5 Å². The van der Waals surface area contributed by atoms with E-state index in [1.54, 1.807) is 0 Å². The maximum Gasteiger partial charge on any atom is 0.0372 e. The number of rotatable bonds is 7. The first-order valence-corrected chi connectivity index (χ1v) is 8.34. The number of aryl methyl sites for hydroxylation is 1. The molecule has 2 heteroatoms. The molecule has 0 spiro atoms. The number of fused-ring (bicyclic) bond motifs is 1. The minimum absolute atomic E-state index is 0.677. The molecule has 1 aromatic carbocycles. The number of nitrogens with one attached hydrogen (secondary N) is 1. The number of nitrogens with zero attached hydrogens (tertiary/aromatic N) is 1. The predicted molar refractivity (Wildman–Crippen MR) is 88.3 cm³/mol. The maximum atomic E-state index is 3.50. The highest BCUT2D eigenvalue weighted by molar-refractivity contribution is 5.54. The van der Waals surface area contributed by atoms with E-state index in [4.69, 9.17) is 0 Å². The van der Waals surface area contributed by atoms with Gasteiger partial charge in [-0.3, -0.25) is 4.90 Å². The van der Waals surface area contributed by atoms with Crippen molar-refractivity contribution in [1.29, 1.82) is 0 Å². The molecule has 1 aliphatic rings. The summed E-state index contributed by atoms with van der Waals surface area (Å²) < 4.78 is 0. The van der Waals surface area contributed by atoms with Gasteiger partial charge in [-0.2, -0.15) is 0 Å². The summed E-state index contributed by atoms with van der Waals surface area (Å²) >= 11 is 0. The summed E-state index contributed by atoms with van der Waals surface area (Å²) in [5.41, 5.74) is 4.33. The lowest BCUT2D eigenvalue weighted by molar-refractivity contribution is 0.192. The highest BCUT2D eigenvalue weighted by Crippen LogP contribution is 2.24. The lowest BCUT2D eigenvalue weighted by Gasteiger charge is -2.29. The summed E-state index contributed by atoms with van der Waals surface area (Å²) in [7, 11) is 0. The zero-order valence-electron chi connectivity index (χ0n) is 13.4. The van der Waals surface area contributed by atoms with Gasteiger partial charge < -0.3 is 5.32 Å². The van der Waals surface area contributed by atoms with Crippen LogP contribution >= 0.6 is 0 Å². The lowest BCUT2D eigenvalue weighted by atomic mass is 10.00. The Labute approximate surface area is 124 Å². The quantitative estimate of drug-likeness (QED) is 0.790. The van der Waals surface area contributed by atoms with E-state index in [9.17, 15) is 0 Å². The van der Waals surface area contributed by atoms with Gasteiger partial charge in [-0.15, -0.1) is 0 Å². The molecule has 0 bridgehead atoms. The molecule has 1 aliphatic heterocycles. The fraction of sp³-hybridized carbons (Fsp3) is 0.667. The van der Waals surface area contributed by atoms with Crippen molar-refractivity contribution in [3.05, 3.63) is 29.3 Å². The summed E-state index contributed by atoms with van der Waals surface area (Å²) in [6.45, 7) is 10.4. The molecule has 1 N–H and O–H groups in total. The van der Waals surface area contributed by atoms with Gasteiger partial charge in [-0.05, 0) is 56.3 Å². The van der Waals surface area contributed by atoms with Crippen LogP contribution in [0.2, 0.25) is 0 Å². The van der Waals surface area contributed by atoms with Crippen LogP contribution in [0.1, 0.15) is 57.6 Å². The third-order valence-corrected chi connectivity index (χ3v) is 4.51. The molecule has 1 heterocycles. The SMILES string of the molecule is CCCCN(Cc1ccc2c(c1)CCCN2)C(C)CC. The van der Waals surface area contributed by atoms with Crippen molar-refractivity contribution in [2.75, 3.05) is 18.4 Å². The monoisotopic (exact) mass is 274 g/mol. The molecule has 2 nitrogen and oxygen atoms in total. The molecule has 0 fully saturated rings. The maximum absolute atomic E-state index is 3.50. The average molecular weight is 274 g/mol. The standard InChI is InChI=1S/C18H30N2/c1-4-6-12-20(15(3)5-2)14-16-9-10-18-17(13-16)8-7-11-19-18/h9-10,13,15,19H,4-8,11-12,14H2,1-3H3. The van der Waals surface area contributed by atoms with E-state index in [2.05, 4.69) is 49.2 Å². The molecule has 1 atom stereocenters. The topological polar surface area (TPSA) is 15.3 Å². The van der Waals surface area contributed by atoms with Crippen molar-refractivity contribution in [2.24, 2.45) is 0 Å². The summed E-state index contributed by atoms with van der Waals surface area (Å²) in [5.74, 6) is 0. The van der Waals surface area contributed by atoms with Gasteiger partial charge >= 0.3 is 0 Å². The van der Waals surface area contributed by atoms with Gasteiger partial charge in [0, 0.05) is 24.8 Å². The Kier molecular flexibility index (Phi) is 5.90. The fourth-order valence-electron chi connectivity index (χ4n) is 2.94. The normalized spacial score (nSPS) is 15.8. The zero-order valence-corrected chi connectivity index (χ0v) is 13.4. The average Bonchev–Trinajstić information content (AvgIpc) is 2.50. The summed E-state index contributed by atoms with van der Waals surface area (Å²) in [5, 5.41) is 3.50. The van der Waals surface area contributed by atoms with E-state index < -0.39 is 0 Å².